The zero-order valence-corrected chi connectivity index (χ0v) is 15.4. The van der Waals surface area contributed by atoms with Crippen molar-refractivity contribution in [2.24, 2.45) is 0 Å². The van der Waals surface area contributed by atoms with Crippen LogP contribution in [0.2, 0.25) is 0 Å². The third-order valence-corrected chi connectivity index (χ3v) is 4.24. The van der Waals surface area contributed by atoms with Crippen LogP contribution >= 0.6 is 0 Å². The first-order valence-corrected chi connectivity index (χ1v) is 9.00. The molecule has 2 aromatic carbocycles. The molecule has 0 aliphatic rings. The summed E-state index contributed by atoms with van der Waals surface area (Å²) in [5.41, 5.74) is 2.72. The number of furan rings is 1. The van der Waals surface area contributed by atoms with Crippen LogP contribution in [0.1, 0.15) is 26.5 Å². The zero-order chi connectivity index (χ0) is 20.1. The number of carbonyl (C=O) groups is 2. The van der Waals surface area contributed by atoms with Crippen LogP contribution in [0.25, 0.3) is 0 Å². The number of nitrogens with zero attached hydrogens (tertiary/aromatic N) is 2. The molecule has 2 aromatic heterocycles. The van der Waals surface area contributed by atoms with Crippen LogP contribution in [0.5, 0.6) is 0 Å². The van der Waals surface area contributed by atoms with Crippen LogP contribution in [-0.2, 0) is 6.54 Å². The Kier molecular flexibility index (Phi) is 5.20. The number of hydrogen-bond donors (Lipinski definition) is 2. The second-order valence-corrected chi connectivity index (χ2v) is 6.37. The van der Waals surface area contributed by atoms with Crippen molar-refractivity contribution in [3.05, 3.63) is 102 Å². The van der Waals surface area contributed by atoms with Crippen molar-refractivity contribution >= 4 is 23.2 Å². The zero-order valence-electron chi connectivity index (χ0n) is 15.4. The maximum atomic E-state index is 12.5. The van der Waals surface area contributed by atoms with Gasteiger partial charge in [-0.2, -0.15) is 5.10 Å². The van der Waals surface area contributed by atoms with Gasteiger partial charge in [-0.15, -0.1) is 0 Å². The molecule has 7 heteroatoms. The third-order valence-electron chi connectivity index (χ3n) is 4.24. The van der Waals surface area contributed by atoms with Crippen molar-refractivity contribution in [3.8, 4) is 0 Å². The fourth-order valence-electron chi connectivity index (χ4n) is 2.82. The van der Waals surface area contributed by atoms with Gasteiger partial charge in [-0.25, -0.2) is 0 Å². The molecule has 0 aliphatic heterocycles. The SMILES string of the molecule is O=C(Nc1cccc(NC(=O)c2ccco2)c1)c1ccc(Cn2cccn2)cc1. The van der Waals surface area contributed by atoms with Crippen molar-refractivity contribution in [2.45, 2.75) is 6.54 Å². The minimum absolute atomic E-state index is 0.217. The average Bonchev–Trinajstić information content (AvgIpc) is 3.43. The fourth-order valence-corrected chi connectivity index (χ4v) is 2.82. The Labute approximate surface area is 167 Å². The molecule has 2 N–H and O–H groups in total. The van der Waals surface area contributed by atoms with E-state index in [2.05, 4.69) is 15.7 Å². The Bertz CT molecular complexity index is 1100. The Balaban J connectivity index is 1.39. The molecule has 2 amide bonds. The molecule has 144 valence electrons. The average molecular weight is 386 g/mol. The number of benzene rings is 2. The molecule has 0 aliphatic carbocycles. The molecule has 0 fully saturated rings. The van der Waals surface area contributed by atoms with E-state index in [1.807, 2.05) is 29.1 Å². The second-order valence-electron chi connectivity index (χ2n) is 6.37. The summed E-state index contributed by atoms with van der Waals surface area (Å²) >= 11 is 0. The summed E-state index contributed by atoms with van der Waals surface area (Å²) in [7, 11) is 0. The van der Waals surface area contributed by atoms with Crippen molar-refractivity contribution in [2.75, 3.05) is 10.6 Å². The lowest BCUT2D eigenvalue weighted by atomic mass is 10.1. The topological polar surface area (TPSA) is 89.2 Å². The van der Waals surface area contributed by atoms with Crippen molar-refractivity contribution in [3.63, 3.8) is 0 Å². The summed E-state index contributed by atoms with van der Waals surface area (Å²) < 4.78 is 6.89. The molecular formula is C22H18N4O3. The van der Waals surface area contributed by atoms with Crippen molar-refractivity contribution in [1.82, 2.24) is 9.78 Å². The highest BCUT2D eigenvalue weighted by Crippen LogP contribution is 2.17. The molecular weight excluding hydrogens is 368 g/mol. The first kappa shape index (κ1) is 18.2. The highest BCUT2D eigenvalue weighted by atomic mass is 16.3. The van der Waals surface area contributed by atoms with Crippen molar-refractivity contribution < 1.29 is 14.0 Å². The number of hydrogen-bond acceptors (Lipinski definition) is 4. The lowest BCUT2D eigenvalue weighted by Gasteiger charge is -2.09. The van der Waals surface area contributed by atoms with Crippen LogP contribution in [-0.4, -0.2) is 21.6 Å². The smallest absolute Gasteiger partial charge is 0.291 e. The largest absolute Gasteiger partial charge is 0.459 e. The van der Waals surface area contributed by atoms with Gasteiger partial charge in [-0.3, -0.25) is 14.3 Å². The number of rotatable bonds is 6. The quantitative estimate of drug-likeness (QED) is 0.524. The highest BCUT2D eigenvalue weighted by molar-refractivity contribution is 6.05. The van der Waals surface area contributed by atoms with Gasteiger partial charge in [0.25, 0.3) is 11.8 Å². The van der Waals surface area contributed by atoms with E-state index >= 15 is 0 Å². The Morgan fingerprint density at radius 2 is 1.66 bits per heavy atom. The van der Waals surface area contributed by atoms with Gasteiger partial charge in [0.15, 0.2) is 5.76 Å². The van der Waals surface area contributed by atoms with Crippen LogP contribution in [0.15, 0.2) is 89.8 Å². The first-order chi connectivity index (χ1) is 14.2. The molecule has 0 saturated heterocycles. The molecule has 0 saturated carbocycles. The van der Waals surface area contributed by atoms with Crippen molar-refractivity contribution in [1.29, 1.82) is 0 Å². The van der Waals surface area contributed by atoms with E-state index in [1.54, 1.807) is 54.7 Å². The lowest BCUT2D eigenvalue weighted by molar-refractivity contribution is 0.0995. The second kappa shape index (κ2) is 8.26. The standard InChI is InChI=1S/C22H18N4O3/c27-21(17-9-7-16(8-10-17)15-26-12-3-11-23-26)24-18-4-1-5-19(14-18)25-22(28)20-6-2-13-29-20/h1-14H,15H2,(H,24,27)(H,25,28). The van der Waals surface area contributed by atoms with E-state index < -0.39 is 0 Å². The summed E-state index contributed by atoms with van der Waals surface area (Å²) in [5.74, 6) is -0.369. The minimum atomic E-state index is -0.355. The number of anilines is 2. The number of amides is 2. The maximum Gasteiger partial charge on any atom is 0.291 e. The summed E-state index contributed by atoms with van der Waals surface area (Å²) in [4.78, 5) is 24.6. The van der Waals surface area contributed by atoms with Gasteiger partial charge in [0, 0.05) is 29.3 Å². The molecule has 0 atom stereocenters. The van der Waals surface area contributed by atoms with E-state index in [-0.39, 0.29) is 17.6 Å². The molecule has 0 bridgehead atoms. The van der Waals surface area contributed by atoms with Gasteiger partial charge in [-0.05, 0) is 54.1 Å². The van der Waals surface area contributed by atoms with Gasteiger partial charge in [0.1, 0.15) is 0 Å². The highest BCUT2D eigenvalue weighted by Gasteiger charge is 2.10. The van der Waals surface area contributed by atoms with E-state index in [4.69, 9.17) is 4.42 Å². The van der Waals surface area contributed by atoms with E-state index in [9.17, 15) is 9.59 Å². The lowest BCUT2D eigenvalue weighted by Crippen LogP contribution is -2.13. The Morgan fingerprint density at radius 1 is 0.897 bits per heavy atom. The number of carbonyl (C=O) groups excluding carboxylic acids is 2. The minimum Gasteiger partial charge on any atom is -0.459 e. The van der Waals surface area contributed by atoms with Gasteiger partial charge in [-0.1, -0.05) is 18.2 Å². The Hall–Kier alpha value is -4.13. The summed E-state index contributed by atoms with van der Waals surface area (Å²) in [6.45, 7) is 0.645. The van der Waals surface area contributed by atoms with Crippen LogP contribution in [0, 0.1) is 0 Å². The molecule has 4 aromatic rings. The number of aromatic nitrogens is 2. The third kappa shape index (κ3) is 4.59. The number of nitrogens with one attached hydrogen (secondary N) is 2. The predicted octanol–water partition coefficient (Wildman–Crippen LogP) is 4.03. The molecule has 0 spiro atoms. The molecule has 2 heterocycles. The molecule has 0 radical (unpaired) electrons. The van der Waals surface area contributed by atoms with Gasteiger partial charge in [0.05, 0.1) is 12.8 Å². The molecule has 0 unspecified atom stereocenters. The summed E-state index contributed by atoms with van der Waals surface area (Å²) in [6.07, 6.45) is 5.05. The fraction of sp³-hybridized carbons (Fsp3) is 0.0455. The predicted molar refractivity (Wildman–Crippen MR) is 109 cm³/mol. The van der Waals surface area contributed by atoms with Crippen LogP contribution < -0.4 is 10.6 Å². The van der Waals surface area contributed by atoms with Gasteiger partial charge in [0.2, 0.25) is 0 Å². The first-order valence-electron chi connectivity index (χ1n) is 9.00. The van der Waals surface area contributed by atoms with E-state index in [0.29, 0.717) is 23.5 Å². The van der Waals surface area contributed by atoms with Gasteiger partial charge >= 0.3 is 0 Å². The molecule has 7 nitrogen and oxygen atoms in total. The monoisotopic (exact) mass is 386 g/mol. The van der Waals surface area contributed by atoms with Gasteiger partial charge < -0.3 is 15.1 Å². The summed E-state index contributed by atoms with van der Waals surface area (Å²) in [6, 6.07) is 19.4. The Morgan fingerprint density at radius 3 is 2.31 bits per heavy atom. The van der Waals surface area contributed by atoms with Crippen LogP contribution in [0.4, 0.5) is 11.4 Å². The maximum absolute atomic E-state index is 12.5. The molecule has 4 rings (SSSR count). The van der Waals surface area contributed by atoms with Crippen LogP contribution in [0.3, 0.4) is 0 Å². The molecule has 29 heavy (non-hydrogen) atoms. The van der Waals surface area contributed by atoms with E-state index in [0.717, 1.165) is 5.56 Å². The normalized spacial score (nSPS) is 10.5. The van der Waals surface area contributed by atoms with E-state index in [1.165, 1.54) is 6.26 Å². The summed E-state index contributed by atoms with van der Waals surface area (Å²) in [5, 5.41) is 9.75.